The third-order valence-electron chi connectivity index (χ3n) is 5.83. The monoisotopic (exact) mass is 478 g/mol. The maximum Gasteiger partial charge on any atom is 0.305 e. The molecule has 0 saturated carbocycles. The van der Waals surface area contributed by atoms with Gasteiger partial charge >= 0.3 is 5.97 Å². The highest BCUT2D eigenvalue weighted by atomic mass is 16.7. The van der Waals surface area contributed by atoms with Crippen LogP contribution in [0.15, 0.2) is 0 Å². The number of carbonyl (C=O) groups excluding carboxylic acids is 1. The molecule has 6 atom stereocenters. The van der Waals surface area contributed by atoms with E-state index in [1.807, 2.05) is 0 Å². The van der Waals surface area contributed by atoms with Gasteiger partial charge in [-0.25, -0.2) is 0 Å². The van der Waals surface area contributed by atoms with Crippen molar-refractivity contribution in [2.45, 2.75) is 121 Å². The van der Waals surface area contributed by atoms with Crippen molar-refractivity contribution in [2.24, 2.45) is 0 Å². The predicted molar refractivity (Wildman–Crippen MR) is 123 cm³/mol. The van der Waals surface area contributed by atoms with Crippen molar-refractivity contribution in [1.82, 2.24) is 0 Å². The molecule has 0 bridgehead atoms. The van der Waals surface area contributed by atoms with Gasteiger partial charge in [-0.1, -0.05) is 71.6 Å². The highest BCUT2D eigenvalue weighted by Gasteiger charge is 2.44. The predicted octanol–water partition coefficient (Wildman–Crippen LogP) is 2.06. The number of aliphatic hydroxyl groups excluding tert-OH is 4. The maximum atomic E-state index is 11.7. The highest BCUT2D eigenvalue weighted by Crippen LogP contribution is 2.22. The van der Waals surface area contributed by atoms with Crippen molar-refractivity contribution >= 4 is 5.97 Å². The first kappa shape index (κ1) is 30.2. The van der Waals surface area contributed by atoms with Gasteiger partial charge in [0.25, 0.3) is 0 Å². The van der Waals surface area contributed by atoms with Crippen LogP contribution in [0.1, 0.15) is 84.5 Å². The largest absolute Gasteiger partial charge is 0.457 e. The number of rotatable bonds is 19. The van der Waals surface area contributed by atoms with Gasteiger partial charge in [0.15, 0.2) is 6.29 Å². The van der Waals surface area contributed by atoms with Crippen LogP contribution >= 0.6 is 0 Å². The van der Waals surface area contributed by atoms with Crippen LogP contribution in [-0.4, -0.2) is 89.6 Å². The first-order valence-electron chi connectivity index (χ1n) is 12.6. The zero-order valence-electron chi connectivity index (χ0n) is 20.4. The fourth-order valence-corrected chi connectivity index (χ4v) is 3.70. The summed E-state index contributed by atoms with van der Waals surface area (Å²) in [6, 6.07) is 0. The van der Waals surface area contributed by atoms with Crippen molar-refractivity contribution < 1.29 is 44.2 Å². The Hall–Kier alpha value is -0.810. The minimum Gasteiger partial charge on any atom is -0.457 e. The second-order valence-corrected chi connectivity index (χ2v) is 8.75. The Labute approximate surface area is 198 Å². The molecule has 1 saturated heterocycles. The lowest BCUT2D eigenvalue weighted by Gasteiger charge is -2.39. The lowest BCUT2D eigenvalue weighted by molar-refractivity contribution is -0.305. The first-order chi connectivity index (χ1) is 15.9. The standard InChI is InChI=1S/C24H46O9/c1-3-5-6-7-8-9-10-11-12-13-14-30-16-18(32-20(26)4-2)17-31-24-23(29)22(28)21(27)19(15-25)33-24/h18-19,21-25,27-29H,3-17H2,1-2H3. The van der Waals surface area contributed by atoms with Crippen LogP contribution < -0.4 is 0 Å². The van der Waals surface area contributed by atoms with E-state index in [9.17, 15) is 25.2 Å². The van der Waals surface area contributed by atoms with Gasteiger partial charge in [0, 0.05) is 13.0 Å². The average Bonchev–Trinajstić information content (AvgIpc) is 2.82. The molecule has 0 aromatic rings. The molecule has 1 aliphatic heterocycles. The highest BCUT2D eigenvalue weighted by molar-refractivity contribution is 5.69. The lowest BCUT2D eigenvalue weighted by Crippen LogP contribution is -2.59. The van der Waals surface area contributed by atoms with Crippen LogP contribution in [0, 0.1) is 0 Å². The molecule has 196 valence electrons. The fourth-order valence-electron chi connectivity index (χ4n) is 3.70. The van der Waals surface area contributed by atoms with Gasteiger partial charge < -0.3 is 39.4 Å². The zero-order chi connectivity index (χ0) is 24.5. The molecule has 0 amide bonds. The SMILES string of the molecule is CCCCCCCCCCCCOCC(COC1OC(CO)C(O)C(O)C1O)OC(=O)CC. The second-order valence-electron chi connectivity index (χ2n) is 8.75. The molecule has 6 unspecified atom stereocenters. The van der Waals surface area contributed by atoms with Crippen LogP contribution in [-0.2, 0) is 23.7 Å². The molecule has 0 spiro atoms. The Morgan fingerprint density at radius 1 is 0.848 bits per heavy atom. The van der Waals surface area contributed by atoms with Crippen LogP contribution in [0.25, 0.3) is 0 Å². The third-order valence-corrected chi connectivity index (χ3v) is 5.83. The molecule has 9 nitrogen and oxygen atoms in total. The molecule has 1 fully saturated rings. The smallest absolute Gasteiger partial charge is 0.305 e. The summed E-state index contributed by atoms with van der Waals surface area (Å²) in [6.07, 6.45) is 5.03. The van der Waals surface area contributed by atoms with Crippen molar-refractivity contribution in [1.29, 1.82) is 0 Å². The van der Waals surface area contributed by atoms with E-state index < -0.39 is 49.4 Å². The van der Waals surface area contributed by atoms with E-state index in [4.69, 9.17) is 18.9 Å². The van der Waals surface area contributed by atoms with E-state index >= 15 is 0 Å². The Balaban J connectivity index is 2.27. The minimum atomic E-state index is -1.52. The molecule has 9 heteroatoms. The van der Waals surface area contributed by atoms with Crippen molar-refractivity contribution in [3.05, 3.63) is 0 Å². The molecule has 0 radical (unpaired) electrons. The second kappa shape index (κ2) is 18.5. The summed E-state index contributed by atoms with van der Waals surface area (Å²) in [5.41, 5.74) is 0. The summed E-state index contributed by atoms with van der Waals surface area (Å²) >= 11 is 0. The van der Waals surface area contributed by atoms with Gasteiger partial charge in [-0.05, 0) is 6.42 Å². The quantitative estimate of drug-likeness (QED) is 0.162. The van der Waals surface area contributed by atoms with Crippen LogP contribution in [0.2, 0.25) is 0 Å². The third kappa shape index (κ3) is 12.5. The maximum absolute atomic E-state index is 11.7. The first-order valence-corrected chi connectivity index (χ1v) is 12.6. The van der Waals surface area contributed by atoms with Crippen molar-refractivity contribution in [2.75, 3.05) is 26.4 Å². The van der Waals surface area contributed by atoms with Crippen LogP contribution in [0.5, 0.6) is 0 Å². The van der Waals surface area contributed by atoms with Crippen molar-refractivity contribution in [3.63, 3.8) is 0 Å². The summed E-state index contributed by atoms with van der Waals surface area (Å²) in [5, 5.41) is 39.0. The number of unbranched alkanes of at least 4 members (excludes halogenated alkanes) is 9. The molecule has 1 aliphatic rings. The Kier molecular flexibility index (Phi) is 17.0. The molecular weight excluding hydrogens is 432 g/mol. The molecule has 0 aliphatic carbocycles. The Morgan fingerprint density at radius 3 is 2.03 bits per heavy atom. The summed E-state index contributed by atoms with van der Waals surface area (Å²) in [4.78, 5) is 11.7. The molecule has 0 aromatic carbocycles. The normalized spacial score (nSPS) is 26.3. The van der Waals surface area contributed by atoms with Crippen molar-refractivity contribution in [3.8, 4) is 0 Å². The minimum absolute atomic E-state index is 0.119. The van der Waals surface area contributed by atoms with E-state index in [2.05, 4.69) is 6.92 Å². The summed E-state index contributed by atoms with van der Waals surface area (Å²) < 4.78 is 21.8. The summed E-state index contributed by atoms with van der Waals surface area (Å²) in [5.74, 6) is -0.403. The molecule has 1 rings (SSSR count). The van der Waals surface area contributed by atoms with Crippen LogP contribution in [0.3, 0.4) is 0 Å². The molecule has 0 aromatic heterocycles. The summed E-state index contributed by atoms with van der Waals surface area (Å²) in [6.45, 7) is 3.94. The lowest BCUT2D eigenvalue weighted by atomic mass is 9.99. The average molecular weight is 479 g/mol. The van der Waals surface area contributed by atoms with E-state index in [0.717, 1.165) is 12.8 Å². The van der Waals surface area contributed by atoms with Gasteiger partial charge in [-0.15, -0.1) is 0 Å². The molecule has 33 heavy (non-hydrogen) atoms. The van der Waals surface area contributed by atoms with Gasteiger partial charge in [-0.3, -0.25) is 4.79 Å². The van der Waals surface area contributed by atoms with E-state index in [-0.39, 0.29) is 19.6 Å². The Morgan fingerprint density at radius 2 is 1.45 bits per heavy atom. The fraction of sp³-hybridized carbons (Fsp3) is 0.958. The Bertz CT molecular complexity index is 489. The molecular formula is C24H46O9. The van der Waals surface area contributed by atoms with E-state index in [0.29, 0.717) is 6.61 Å². The topological polar surface area (TPSA) is 135 Å². The van der Waals surface area contributed by atoms with E-state index in [1.165, 1.54) is 51.4 Å². The number of hydrogen-bond acceptors (Lipinski definition) is 9. The van der Waals surface area contributed by atoms with Gasteiger partial charge in [-0.2, -0.15) is 0 Å². The molecule has 4 N–H and O–H groups in total. The van der Waals surface area contributed by atoms with Gasteiger partial charge in [0.2, 0.25) is 0 Å². The summed E-state index contributed by atoms with van der Waals surface area (Å²) in [7, 11) is 0. The number of aliphatic hydroxyl groups is 4. The zero-order valence-corrected chi connectivity index (χ0v) is 20.4. The number of ether oxygens (including phenoxy) is 4. The van der Waals surface area contributed by atoms with Gasteiger partial charge in [0.1, 0.15) is 30.5 Å². The van der Waals surface area contributed by atoms with E-state index in [1.54, 1.807) is 6.92 Å². The van der Waals surface area contributed by atoms with Crippen LogP contribution in [0.4, 0.5) is 0 Å². The van der Waals surface area contributed by atoms with Gasteiger partial charge in [0.05, 0.1) is 19.8 Å². The number of hydrogen-bond donors (Lipinski definition) is 4. The number of carbonyl (C=O) groups is 1. The molecule has 1 heterocycles. The number of esters is 1.